The number of hydrogen-bond donors (Lipinski definition) is 3. The lowest BCUT2D eigenvalue weighted by Gasteiger charge is -2.36. The van der Waals surface area contributed by atoms with E-state index in [2.05, 4.69) is 25.3 Å². The molecule has 15 nitrogen and oxygen atoms in total. The lowest BCUT2D eigenvalue weighted by atomic mass is 9.85. The Morgan fingerprint density at radius 2 is 1.72 bits per heavy atom. The van der Waals surface area contributed by atoms with Gasteiger partial charge in [0.1, 0.15) is 29.3 Å². The van der Waals surface area contributed by atoms with Crippen LogP contribution in [0, 0.1) is 11.3 Å². The number of hydrogen-bond acceptors (Lipinski definition) is 11. The summed E-state index contributed by atoms with van der Waals surface area (Å²) in [6.45, 7) is 8.00. The number of sulfonamides is 1. The Labute approximate surface area is 330 Å². The summed E-state index contributed by atoms with van der Waals surface area (Å²) in [5.41, 5.74) is -4.38. The summed E-state index contributed by atoms with van der Waals surface area (Å²) in [6.07, 6.45) is 2.47. The third-order valence-electron chi connectivity index (χ3n) is 11.6. The second-order valence-electron chi connectivity index (χ2n) is 17.3. The van der Waals surface area contributed by atoms with Gasteiger partial charge >= 0.3 is 12.0 Å². The van der Waals surface area contributed by atoms with E-state index < -0.39 is 97.4 Å². The van der Waals surface area contributed by atoms with Gasteiger partial charge in [-0.15, -0.1) is 0 Å². The van der Waals surface area contributed by atoms with Gasteiger partial charge in [-0.1, -0.05) is 52.3 Å². The first-order valence-electron chi connectivity index (χ1n) is 19.5. The number of amides is 4. The van der Waals surface area contributed by atoms with Crippen LogP contribution in [-0.2, 0) is 39.8 Å². The summed E-state index contributed by atoms with van der Waals surface area (Å²) in [5.74, 6) is -6.95. The molecular formula is C39H50F2N6O9S. The van der Waals surface area contributed by atoms with Crippen molar-refractivity contribution in [3.05, 3.63) is 42.1 Å². The number of alkyl carbamates (subject to hydrolysis) is 1. The van der Waals surface area contributed by atoms with Crippen molar-refractivity contribution < 1.29 is 50.6 Å². The standard InChI is InChI=1S/C39H50F2N6O9S/c1-6-22-19-38(22,34(50)46-57(52,53)23-15-16-23)45-31(48)26-20-37(5)21-47(26)33(49)30(36(2,3)4)44-35(51)55-28-14-9-13-27(28)54-18-10-17-39(40,41)29-32(56-37)43-25-12-8-7-11-24(25)42-29/h7-8,10-12,17,22-23,26-28,30H,6,9,13-16,18-21H2,1-5H3,(H,44,51)(H,45,48)(H,46,50)/b17-10+/t22-,26+,27-,28-,30-,37-,38-/m1/s1. The maximum absolute atomic E-state index is 16.2. The fourth-order valence-electron chi connectivity index (χ4n) is 8.17. The number of benzene rings is 1. The van der Waals surface area contributed by atoms with Gasteiger partial charge in [0.15, 0.2) is 5.69 Å². The van der Waals surface area contributed by atoms with Crippen LogP contribution in [0.5, 0.6) is 5.88 Å². The summed E-state index contributed by atoms with van der Waals surface area (Å²) in [7, 11) is -3.95. The summed E-state index contributed by atoms with van der Waals surface area (Å²) in [5, 5.41) is 4.82. The lowest BCUT2D eigenvalue weighted by molar-refractivity contribution is -0.143. The third-order valence-corrected chi connectivity index (χ3v) is 13.4. The smallest absolute Gasteiger partial charge is 0.408 e. The predicted octanol–water partition coefficient (Wildman–Crippen LogP) is 4.00. The molecule has 3 aliphatic carbocycles. The SMILES string of the molecule is CC[C@@H]1C[C@]1(NC(=O)[C@@H]1C[C@]2(C)CN1C(=O)[C@H](C(C)(C)C)NC(=O)O[C@@H]1CCC[C@H]1OC/C=C/C(F)(F)c1nc3ccccc3nc1O2)C(=O)NS(=O)(=O)C1CC1. The first-order chi connectivity index (χ1) is 26.7. The Hall–Kier alpha value is -4.45. The third kappa shape index (κ3) is 8.29. The van der Waals surface area contributed by atoms with E-state index in [0.29, 0.717) is 44.6 Å². The van der Waals surface area contributed by atoms with E-state index in [1.54, 1.807) is 52.0 Å². The highest BCUT2D eigenvalue weighted by atomic mass is 32.2. The molecule has 0 unspecified atom stereocenters. The Bertz CT molecular complexity index is 2090. The monoisotopic (exact) mass is 816 g/mol. The minimum atomic E-state index is -3.95. The Morgan fingerprint density at radius 1 is 1.04 bits per heavy atom. The molecule has 0 spiro atoms. The van der Waals surface area contributed by atoms with Gasteiger partial charge in [0.05, 0.1) is 35.5 Å². The molecule has 7 atom stereocenters. The highest BCUT2D eigenvalue weighted by Gasteiger charge is 2.63. The van der Waals surface area contributed by atoms with Crippen molar-refractivity contribution in [1.82, 2.24) is 30.2 Å². The molecule has 2 bridgehead atoms. The normalized spacial score (nSPS) is 32.4. The number of nitrogens with zero attached hydrogens (tertiary/aromatic N) is 3. The summed E-state index contributed by atoms with van der Waals surface area (Å²) < 4.78 is 78.1. The van der Waals surface area contributed by atoms with Crippen molar-refractivity contribution in [2.45, 2.75) is 133 Å². The van der Waals surface area contributed by atoms with Crippen LogP contribution in [0.25, 0.3) is 11.0 Å². The van der Waals surface area contributed by atoms with E-state index in [1.165, 1.54) is 4.90 Å². The zero-order valence-corrected chi connectivity index (χ0v) is 33.5. The molecule has 3 N–H and O–H groups in total. The second kappa shape index (κ2) is 14.7. The van der Waals surface area contributed by atoms with E-state index in [1.807, 2.05) is 6.92 Å². The van der Waals surface area contributed by atoms with Gasteiger partial charge in [0, 0.05) is 6.42 Å². The van der Waals surface area contributed by atoms with Crippen molar-refractivity contribution in [2.75, 3.05) is 13.2 Å². The maximum Gasteiger partial charge on any atom is 0.408 e. The molecule has 1 aromatic heterocycles. The number of para-hydroxylation sites is 2. The zero-order valence-electron chi connectivity index (χ0n) is 32.7. The largest absolute Gasteiger partial charge is 0.468 e. The lowest BCUT2D eigenvalue weighted by Crippen LogP contribution is -2.60. The molecule has 3 heterocycles. The number of carbonyl (C=O) groups is 4. The number of fused-ring (bicyclic) bond motifs is 5. The summed E-state index contributed by atoms with van der Waals surface area (Å²) >= 11 is 0. The highest BCUT2D eigenvalue weighted by Crippen LogP contribution is 2.47. The van der Waals surface area contributed by atoms with Gasteiger partial charge in [-0.3, -0.25) is 19.1 Å². The van der Waals surface area contributed by atoms with Crippen molar-refractivity contribution >= 4 is 44.9 Å². The molecule has 3 saturated carbocycles. The van der Waals surface area contributed by atoms with Gasteiger partial charge in [-0.2, -0.15) is 8.78 Å². The van der Waals surface area contributed by atoms with E-state index in [4.69, 9.17) is 14.2 Å². The molecule has 7 rings (SSSR count). The van der Waals surface area contributed by atoms with Crippen LogP contribution in [0.1, 0.15) is 91.7 Å². The molecule has 1 aromatic carbocycles. The van der Waals surface area contributed by atoms with Crippen LogP contribution in [0.2, 0.25) is 0 Å². The average Bonchev–Trinajstić information content (AvgIpc) is 4.04. The van der Waals surface area contributed by atoms with Gasteiger partial charge in [0.2, 0.25) is 27.7 Å². The number of nitrogens with one attached hydrogen (secondary N) is 3. The van der Waals surface area contributed by atoms with Crippen LogP contribution in [0.4, 0.5) is 13.6 Å². The molecule has 1 saturated heterocycles. The number of halogens is 2. The van der Waals surface area contributed by atoms with Crippen molar-refractivity contribution in [2.24, 2.45) is 11.3 Å². The minimum Gasteiger partial charge on any atom is -0.468 e. The predicted molar refractivity (Wildman–Crippen MR) is 201 cm³/mol. The first-order valence-corrected chi connectivity index (χ1v) is 21.1. The molecule has 18 heteroatoms. The summed E-state index contributed by atoms with van der Waals surface area (Å²) in [6, 6.07) is 3.82. The van der Waals surface area contributed by atoms with Crippen LogP contribution in [-0.4, -0.2) is 101 Å². The van der Waals surface area contributed by atoms with E-state index in [0.717, 1.165) is 6.08 Å². The quantitative estimate of drug-likeness (QED) is 0.357. The van der Waals surface area contributed by atoms with Crippen LogP contribution in [0.15, 0.2) is 36.4 Å². The Balaban J connectivity index is 1.28. The van der Waals surface area contributed by atoms with Crippen LogP contribution >= 0.6 is 0 Å². The van der Waals surface area contributed by atoms with Gasteiger partial charge in [-0.25, -0.2) is 23.2 Å². The number of aromatic nitrogens is 2. The Kier molecular flexibility index (Phi) is 10.5. The summed E-state index contributed by atoms with van der Waals surface area (Å²) in [4.78, 5) is 66.3. The average molecular weight is 817 g/mol. The van der Waals surface area contributed by atoms with Crippen LogP contribution < -0.4 is 20.1 Å². The number of rotatable bonds is 6. The zero-order chi connectivity index (χ0) is 41.1. The van der Waals surface area contributed by atoms with Crippen molar-refractivity contribution in [1.29, 1.82) is 0 Å². The molecule has 57 heavy (non-hydrogen) atoms. The number of carbonyl (C=O) groups excluding carboxylic acids is 4. The van der Waals surface area contributed by atoms with E-state index >= 15 is 8.78 Å². The molecule has 2 aromatic rings. The fourth-order valence-corrected chi connectivity index (χ4v) is 9.53. The van der Waals surface area contributed by atoms with E-state index in [-0.39, 0.29) is 42.9 Å². The molecule has 4 fully saturated rings. The molecule has 4 amide bonds. The number of allylic oxidation sites excluding steroid dienone is 1. The minimum absolute atomic E-state index is 0.165. The molecule has 2 aliphatic heterocycles. The van der Waals surface area contributed by atoms with Gasteiger partial charge < -0.3 is 29.7 Å². The fraction of sp³-hybridized carbons (Fsp3) is 0.641. The van der Waals surface area contributed by atoms with Crippen molar-refractivity contribution in [3.8, 4) is 5.88 Å². The van der Waals surface area contributed by atoms with Crippen molar-refractivity contribution in [3.63, 3.8) is 0 Å². The molecule has 0 radical (unpaired) electrons. The molecule has 310 valence electrons. The number of ether oxygens (including phenoxy) is 3. The maximum atomic E-state index is 16.2. The highest BCUT2D eigenvalue weighted by molar-refractivity contribution is 7.91. The second-order valence-corrected chi connectivity index (χ2v) is 19.2. The first kappa shape index (κ1) is 40.7. The molecular weight excluding hydrogens is 767 g/mol. The van der Waals surface area contributed by atoms with Gasteiger partial charge in [0.25, 0.3) is 5.91 Å². The van der Waals surface area contributed by atoms with E-state index in [9.17, 15) is 27.6 Å². The molecule has 5 aliphatic rings. The number of alkyl halides is 2. The van der Waals surface area contributed by atoms with Crippen LogP contribution in [0.3, 0.4) is 0 Å². The topological polar surface area (TPSA) is 195 Å². The Morgan fingerprint density at radius 3 is 2.37 bits per heavy atom. The van der Waals surface area contributed by atoms with Gasteiger partial charge in [-0.05, 0) is 75.0 Å².